The highest BCUT2D eigenvalue weighted by atomic mass is 16.5. The molecule has 18 heavy (non-hydrogen) atoms. The molecule has 0 radical (unpaired) electrons. The first-order valence-corrected chi connectivity index (χ1v) is 5.70. The van der Waals surface area contributed by atoms with Gasteiger partial charge in [0.15, 0.2) is 0 Å². The average Bonchev–Trinajstić information content (AvgIpc) is 2.38. The molecule has 0 heterocycles. The molecule has 0 fully saturated rings. The molecule has 1 aromatic carbocycles. The molecule has 0 aromatic heterocycles. The average molecular weight is 250 g/mol. The van der Waals surface area contributed by atoms with Gasteiger partial charge in [0, 0.05) is 12.6 Å². The fourth-order valence-corrected chi connectivity index (χ4v) is 1.64. The van der Waals surface area contributed by atoms with Crippen molar-refractivity contribution in [3.05, 3.63) is 35.4 Å². The number of likely N-dealkylation sites (N-methyl/N-ethyl adjacent to an activating group) is 1. The summed E-state index contributed by atoms with van der Waals surface area (Å²) in [4.78, 5) is 24.6. The van der Waals surface area contributed by atoms with Crippen molar-refractivity contribution in [1.82, 2.24) is 4.90 Å². The minimum Gasteiger partial charge on any atom is -0.468 e. The van der Waals surface area contributed by atoms with Crippen molar-refractivity contribution in [2.75, 3.05) is 27.2 Å². The number of amides is 1. The lowest BCUT2D eigenvalue weighted by molar-refractivity contribution is -0.141. The number of ether oxygens (including phenoxy) is 1. The quantitative estimate of drug-likeness (QED) is 0.769. The molecule has 0 bridgehead atoms. The van der Waals surface area contributed by atoms with Crippen LogP contribution in [0, 0.1) is 0 Å². The minimum absolute atomic E-state index is 0.0632. The minimum atomic E-state index is -0.442. The van der Waals surface area contributed by atoms with Crippen molar-refractivity contribution in [3.63, 3.8) is 0 Å². The van der Waals surface area contributed by atoms with Crippen LogP contribution in [0.4, 0.5) is 0 Å². The highest BCUT2D eigenvalue weighted by Gasteiger charge is 2.17. The number of nitrogens with zero attached hydrogens (tertiary/aromatic N) is 1. The Kier molecular flexibility index (Phi) is 5.32. The molecule has 0 unspecified atom stereocenters. The number of methoxy groups -OCH3 is 1. The Hall–Kier alpha value is -1.88. The van der Waals surface area contributed by atoms with E-state index in [1.54, 1.807) is 19.2 Å². The number of hydrogen-bond acceptors (Lipinski definition) is 4. The summed E-state index contributed by atoms with van der Waals surface area (Å²) >= 11 is 0. The molecule has 0 aliphatic heterocycles. The van der Waals surface area contributed by atoms with E-state index in [1.807, 2.05) is 12.1 Å². The second-order valence-electron chi connectivity index (χ2n) is 3.93. The predicted octanol–water partition coefficient (Wildman–Crippen LogP) is 0.433. The summed E-state index contributed by atoms with van der Waals surface area (Å²) in [7, 11) is 2.86. The third kappa shape index (κ3) is 3.56. The predicted molar refractivity (Wildman–Crippen MR) is 68.2 cm³/mol. The highest BCUT2D eigenvalue weighted by Crippen LogP contribution is 2.11. The molecule has 2 N–H and O–H groups in total. The molecular formula is C13H18N2O3. The van der Waals surface area contributed by atoms with Crippen molar-refractivity contribution in [2.45, 2.75) is 6.42 Å². The van der Waals surface area contributed by atoms with Gasteiger partial charge in [-0.05, 0) is 24.6 Å². The molecule has 1 aromatic rings. The molecule has 0 aliphatic carbocycles. The van der Waals surface area contributed by atoms with Gasteiger partial charge in [0.2, 0.25) is 0 Å². The topological polar surface area (TPSA) is 72.6 Å². The molecule has 5 heteroatoms. The van der Waals surface area contributed by atoms with Gasteiger partial charge in [0.1, 0.15) is 6.54 Å². The van der Waals surface area contributed by atoms with E-state index in [4.69, 9.17) is 5.73 Å². The van der Waals surface area contributed by atoms with Gasteiger partial charge in [-0.1, -0.05) is 18.2 Å². The lowest BCUT2D eigenvalue weighted by atomic mass is 10.0. The number of esters is 1. The maximum absolute atomic E-state index is 12.2. The summed E-state index contributed by atoms with van der Waals surface area (Å²) in [6.07, 6.45) is 0.633. The summed E-state index contributed by atoms with van der Waals surface area (Å²) in [5, 5.41) is 0. The third-order valence-corrected chi connectivity index (χ3v) is 2.60. The first-order chi connectivity index (χ1) is 8.60. The van der Waals surface area contributed by atoms with E-state index in [9.17, 15) is 9.59 Å². The highest BCUT2D eigenvalue weighted by molar-refractivity contribution is 5.97. The van der Waals surface area contributed by atoms with Crippen molar-refractivity contribution in [3.8, 4) is 0 Å². The van der Waals surface area contributed by atoms with Gasteiger partial charge < -0.3 is 15.4 Å². The van der Waals surface area contributed by atoms with Crippen LogP contribution in [0.2, 0.25) is 0 Å². The summed E-state index contributed by atoms with van der Waals surface area (Å²) in [6, 6.07) is 7.26. The summed E-state index contributed by atoms with van der Waals surface area (Å²) in [5.41, 5.74) is 6.98. The van der Waals surface area contributed by atoms with E-state index in [-0.39, 0.29) is 12.5 Å². The van der Waals surface area contributed by atoms with Gasteiger partial charge in [0.05, 0.1) is 7.11 Å². The Labute approximate surface area is 107 Å². The Morgan fingerprint density at radius 1 is 1.33 bits per heavy atom. The van der Waals surface area contributed by atoms with Crippen molar-refractivity contribution >= 4 is 11.9 Å². The van der Waals surface area contributed by atoms with Gasteiger partial charge in [-0.3, -0.25) is 9.59 Å². The van der Waals surface area contributed by atoms with E-state index in [0.29, 0.717) is 18.5 Å². The van der Waals surface area contributed by atoms with Crippen LogP contribution in [0.25, 0.3) is 0 Å². The maximum atomic E-state index is 12.2. The van der Waals surface area contributed by atoms with Crippen molar-refractivity contribution < 1.29 is 14.3 Å². The van der Waals surface area contributed by atoms with Crippen molar-refractivity contribution in [1.29, 1.82) is 0 Å². The Morgan fingerprint density at radius 2 is 2.00 bits per heavy atom. The number of benzene rings is 1. The zero-order valence-corrected chi connectivity index (χ0v) is 10.7. The van der Waals surface area contributed by atoms with Crippen LogP contribution in [0.1, 0.15) is 15.9 Å². The van der Waals surface area contributed by atoms with E-state index in [1.165, 1.54) is 12.0 Å². The summed E-state index contributed by atoms with van der Waals surface area (Å²) in [6.45, 7) is 0.414. The van der Waals surface area contributed by atoms with Gasteiger partial charge >= 0.3 is 5.97 Å². The van der Waals surface area contributed by atoms with Crippen molar-refractivity contribution in [2.24, 2.45) is 5.73 Å². The van der Waals surface area contributed by atoms with Gasteiger partial charge in [-0.25, -0.2) is 0 Å². The summed E-state index contributed by atoms with van der Waals surface area (Å²) < 4.78 is 4.53. The largest absolute Gasteiger partial charge is 0.468 e. The lowest BCUT2D eigenvalue weighted by Crippen LogP contribution is -2.33. The van der Waals surface area contributed by atoms with Gasteiger partial charge in [-0.2, -0.15) is 0 Å². The zero-order chi connectivity index (χ0) is 13.5. The molecule has 0 spiro atoms. The number of nitrogens with two attached hydrogens (primary N) is 1. The van der Waals surface area contributed by atoms with Crippen LogP contribution in [0.5, 0.6) is 0 Å². The van der Waals surface area contributed by atoms with Gasteiger partial charge in [0.25, 0.3) is 5.91 Å². The summed E-state index contributed by atoms with van der Waals surface area (Å²) in [5.74, 6) is -0.647. The first-order valence-electron chi connectivity index (χ1n) is 5.70. The molecule has 0 saturated heterocycles. The van der Waals surface area contributed by atoms with E-state index in [2.05, 4.69) is 4.74 Å². The van der Waals surface area contributed by atoms with E-state index >= 15 is 0 Å². The number of carbonyl (C=O) groups excluding carboxylic acids is 2. The Bertz CT molecular complexity index is 432. The third-order valence-electron chi connectivity index (χ3n) is 2.60. The normalized spacial score (nSPS) is 9.94. The van der Waals surface area contributed by atoms with E-state index < -0.39 is 5.97 Å². The van der Waals surface area contributed by atoms with Crippen LogP contribution in [-0.2, 0) is 16.0 Å². The fraction of sp³-hybridized carbons (Fsp3) is 0.385. The fourth-order valence-electron chi connectivity index (χ4n) is 1.64. The Morgan fingerprint density at radius 3 is 2.61 bits per heavy atom. The molecule has 5 nitrogen and oxygen atoms in total. The molecule has 0 saturated carbocycles. The first kappa shape index (κ1) is 14.2. The van der Waals surface area contributed by atoms with Crippen LogP contribution >= 0.6 is 0 Å². The smallest absolute Gasteiger partial charge is 0.325 e. The SMILES string of the molecule is COC(=O)CN(C)C(=O)c1ccccc1CCN. The maximum Gasteiger partial charge on any atom is 0.325 e. The van der Waals surface area contributed by atoms with Crippen LogP contribution in [0.15, 0.2) is 24.3 Å². The monoisotopic (exact) mass is 250 g/mol. The molecule has 98 valence electrons. The number of hydrogen-bond donors (Lipinski definition) is 1. The molecule has 0 aliphatic rings. The van der Waals surface area contributed by atoms with Crippen LogP contribution < -0.4 is 5.73 Å². The molecule has 1 rings (SSSR count). The lowest BCUT2D eigenvalue weighted by Gasteiger charge is -2.17. The molecule has 0 atom stereocenters. The van der Waals surface area contributed by atoms with Gasteiger partial charge in [-0.15, -0.1) is 0 Å². The van der Waals surface area contributed by atoms with E-state index in [0.717, 1.165) is 5.56 Å². The number of rotatable bonds is 5. The second kappa shape index (κ2) is 6.76. The zero-order valence-electron chi connectivity index (χ0n) is 10.7. The Balaban J connectivity index is 2.86. The number of carbonyl (C=O) groups is 2. The van der Waals surface area contributed by atoms with Crippen LogP contribution in [-0.4, -0.2) is 44.0 Å². The standard InChI is InChI=1S/C13H18N2O3/c1-15(9-12(16)18-2)13(17)11-6-4-3-5-10(11)7-8-14/h3-6H,7-9,14H2,1-2H3. The second-order valence-corrected chi connectivity index (χ2v) is 3.93. The molecule has 1 amide bonds. The molecular weight excluding hydrogens is 232 g/mol. The van der Waals surface area contributed by atoms with Crippen LogP contribution in [0.3, 0.4) is 0 Å².